The summed E-state index contributed by atoms with van der Waals surface area (Å²) in [6.45, 7) is 1.68. The first-order valence-electron chi connectivity index (χ1n) is 7.33. The second-order valence-corrected chi connectivity index (χ2v) is 7.34. The van der Waals surface area contributed by atoms with E-state index in [0.29, 0.717) is 31.7 Å². The van der Waals surface area contributed by atoms with Crippen LogP contribution in [0, 0.1) is 0 Å². The van der Waals surface area contributed by atoms with Crippen molar-refractivity contribution in [1.29, 1.82) is 0 Å². The lowest BCUT2D eigenvalue weighted by atomic mass is 10.2. The molecule has 0 atom stereocenters. The van der Waals surface area contributed by atoms with Gasteiger partial charge in [0.05, 0.1) is 24.1 Å². The van der Waals surface area contributed by atoms with E-state index < -0.39 is 15.9 Å². The standard InChI is InChI=1S/C14H17N5O4S/c1-24(21,22)18-9-7-17(8-10-18)19-11-13(23-16-19)15-14(20)12-5-3-2-4-6-12/h2-6,11H,7-10H2,1H3. The topological polar surface area (TPSA) is 106 Å². The van der Waals surface area contributed by atoms with Crippen LogP contribution < -0.4 is 14.9 Å². The lowest BCUT2D eigenvalue weighted by Gasteiger charge is -2.27. The highest BCUT2D eigenvalue weighted by Crippen LogP contribution is 2.09. The number of hydrogen-bond acceptors (Lipinski definition) is 7. The van der Waals surface area contributed by atoms with Crippen molar-refractivity contribution in [3.63, 3.8) is 0 Å². The monoisotopic (exact) mass is 351 g/mol. The number of sulfonamides is 1. The summed E-state index contributed by atoms with van der Waals surface area (Å²) in [6.07, 6.45) is 2.69. The van der Waals surface area contributed by atoms with Gasteiger partial charge in [0.25, 0.3) is 6.20 Å². The van der Waals surface area contributed by atoms with Crippen LogP contribution in [0.1, 0.15) is 5.56 Å². The minimum atomic E-state index is -3.18. The number of aliphatic imine (C=N–C) groups is 1. The minimum absolute atomic E-state index is 0.0920. The third-order valence-corrected chi connectivity index (χ3v) is 4.95. The molecular weight excluding hydrogens is 334 g/mol. The first-order chi connectivity index (χ1) is 11.4. The normalized spacial score (nSPS) is 17.2. The first-order valence-corrected chi connectivity index (χ1v) is 9.18. The van der Waals surface area contributed by atoms with Crippen molar-refractivity contribution in [1.82, 2.24) is 9.58 Å². The fourth-order valence-electron chi connectivity index (χ4n) is 2.37. The SMILES string of the molecule is CS(=O)(=O)N1CCN([n+]2cc(N=C([O-])c3ccccc3)on2)CC1. The molecule has 0 amide bonds. The van der Waals surface area contributed by atoms with Gasteiger partial charge < -0.3 is 5.11 Å². The van der Waals surface area contributed by atoms with E-state index in [-0.39, 0.29) is 5.88 Å². The fourth-order valence-corrected chi connectivity index (χ4v) is 3.20. The molecule has 1 aliphatic heterocycles. The first kappa shape index (κ1) is 16.4. The smallest absolute Gasteiger partial charge is 0.324 e. The summed E-state index contributed by atoms with van der Waals surface area (Å²) >= 11 is 0. The molecule has 0 unspecified atom stereocenters. The molecule has 2 heterocycles. The number of benzene rings is 1. The van der Waals surface area contributed by atoms with Gasteiger partial charge >= 0.3 is 5.88 Å². The third kappa shape index (κ3) is 3.71. The average Bonchev–Trinajstić information content (AvgIpc) is 3.03. The third-order valence-electron chi connectivity index (χ3n) is 3.65. The molecule has 1 aromatic heterocycles. The zero-order valence-corrected chi connectivity index (χ0v) is 13.9. The predicted octanol–water partition coefficient (Wildman–Crippen LogP) is -1.39. The van der Waals surface area contributed by atoms with Crippen LogP contribution in [0.2, 0.25) is 0 Å². The van der Waals surface area contributed by atoms with E-state index in [1.54, 1.807) is 24.3 Å². The van der Waals surface area contributed by atoms with Gasteiger partial charge in [-0.3, -0.25) is 4.52 Å². The van der Waals surface area contributed by atoms with Crippen molar-refractivity contribution >= 4 is 21.8 Å². The van der Waals surface area contributed by atoms with Crippen molar-refractivity contribution in [2.45, 2.75) is 0 Å². The van der Waals surface area contributed by atoms with Crippen molar-refractivity contribution in [2.24, 2.45) is 4.99 Å². The Morgan fingerprint density at radius 1 is 1.25 bits per heavy atom. The molecule has 3 rings (SSSR count). The van der Waals surface area contributed by atoms with Gasteiger partial charge in [-0.1, -0.05) is 30.3 Å². The molecule has 1 saturated heterocycles. The lowest BCUT2D eigenvalue weighted by molar-refractivity contribution is -0.759. The highest BCUT2D eigenvalue weighted by atomic mass is 32.2. The van der Waals surface area contributed by atoms with Crippen LogP contribution in [0.15, 0.2) is 46.0 Å². The van der Waals surface area contributed by atoms with Crippen LogP contribution in [-0.4, -0.2) is 56.3 Å². The molecule has 0 spiro atoms. The zero-order chi connectivity index (χ0) is 17.2. The molecule has 0 bridgehead atoms. The molecule has 128 valence electrons. The quantitative estimate of drug-likeness (QED) is 0.382. The number of nitrogens with zero attached hydrogens (tertiary/aromatic N) is 5. The Bertz CT molecular complexity index is 826. The summed E-state index contributed by atoms with van der Waals surface area (Å²) in [7, 11) is -3.18. The second-order valence-electron chi connectivity index (χ2n) is 5.36. The molecule has 0 aliphatic carbocycles. The highest BCUT2D eigenvalue weighted by Gasteiger charge is 2.29. The Hall–Kier alpha value is -2.46. The van der Waals surface area contributed by atoms with Crippen LogP contribution in [0.3, 0.4) is 0 Å². The van der Waals surface area contributed by atoms with Crippen molar-refractivity contribution < 1.29 is 22.8 Å². The van der Waals surface area contributed by atoms with Crippen LogP contribution in [0.5, 0.6) is 0 Å². The van der Waals surface area contributed by atoms with Gasteiger partial charge in [-0.25, -0.2) is 13.4 Å². The molecule has 24 heavy (non-hydrogen) atoms. The molecule has 0 radical (unpaired) electrons. The van der Waals surface area contributed by atoms with E-state index in [1.807, 2.05) is 11.1 Å². The van der Waals surface area contributed by atoms with Crippen molar-refractivity contribution in [3.8, 4) is 0 Å². The summed E-state index contributed by atoms with van der Waals surface area (Å²) < 4.78 is 29.5. The van der Waals surface area contributed by atoms with E-state index in [4.69, 9.17) is 4.52 Å². The Morgan fingerprint density at radius 2 is 1.92 bits per heavy atom. The molecule has 0 saturated carbocycles. The Kier molecular flexibility index (Phi) is 4.49. The maximum absolute atomic E-state index is 12.0. The number of hydrogen-bond donors (Lipinski definition) is 0. The molecule has 10 heteroatoms. The summed E-state index contributed by atoms with van der Waals surface area (Å²) in [5.41, 5.74) is 0.460. The maximum Gasteiger partial charge on any atom is 0.324 e. The van der Waals surface area contributed by atoms with Gasteiger partial charge in [0.2, 0.25) is 15.3 Å². The molecule has 9 nitrogen and oxygen atoms in total. The molecule has 1 fully saturated rings. The number of piperazine rings is 1. The highest BCUT2D eigenvalue weighted by molar-refractivity contribution is 7.88. The minimum Gasteiger partial charge on any atom is -0.858 e. The summed E-state index contributed by atoms with van der Waals surface area (Å²) in [6, 6.07) is 8.66. The van der Waals surface area contributed by atoms with Gasteiger partial charge in [-0.2, -0.15) is 9.31 Å². The molecule has 1 aromatic carbocycles. The van der Waals surface area contributed by atoms with Crippen molar-refractivity contribution in [3.05, 3.63) is 42.1 Å². The van der Waals surface area contributed by atoms with E-state index in [1.165, 1.54) is 21.5 Å². The second kappa shape index (κ2) is 6.57. The van der Waals surface area contributed by atoms with Gasteiger partial charge in [0.1, 0.15) is 0 Å². The summed E-state index contributed by atoms with van der Waals surface area (Å²) in [4.78, 5) is 5.32. The Labute approximate surface area is 139 Å². The van der Waals surface area contributed by atoms with Crippen LogP contribution >= 0.6 is 0 Å². The van der Waals surface area contributed by atoms with Crippen LogP contribution in [-0.2, 0) is 10.0 Å². The predicted molar refractivity (Wildman–Crippen MR) is 83.7 cm³/mol. The number of rotatable bonds is 4. The molecule has 1 aliphatic rings. The van der Waals surface area contributed by atoms with E-state index in [2.05, 4.69) is 10.3 Å². The Balaban J connectivity index is 1.69. The molecular formula is C14H17N5O4S. The van der Waals surface area contributed by atoms with Crippen LogP contribution in [0.4, 0.5) is 5.88 Å². The van der Waals surface area contributed by atoms with Crippen molar-refractivity contribution in [2.75, 3.05) is 37.4 Å². The number of aromatic nitrogens is 2. The summed E-state index contributed by atoms with van der Waals surface area (Å²) in [5, 5.41) is 17.6. The average molecular weight is 351 g/mol. The largest absolute Gasteiger partial charge is 0.858 e. The van der Waals surface area contributed by atoms with E-state index in [0.717, 1.165) is 0 Å². The molecule has 0 N–H and O–H groups in total. The lowest BCUT2D eigenvalue weighted by Crippen LogP contribution is -2.65. The van der Waals surface area contributed by atoms with E-state index in [9.17, 15) is 13.5 Å². The Morgan fingerprint density at radius 3 is 2.54 bits per heavy atom. The fraction of sp³-hybridized carbons (Fsp3) is 0.357. The van der Waals surface area contributed by atoms with Gasteiger partial charge in [0.15, 0.2) is 0 Å². The van der Waals surface area contributed by atoms with Gasteiger partial charge in [-0.15, -0.1) is 0 Å². The van der Waals surface area contributed by atoms with Crippen LogP contribution in [0.25, 0.3) is 0 Å². The maximum atomic E-state index is 12.0. The summed E-state index contributed by atoms with van der Waals surface area (Å²) in [5.74, 6) is -0.324. The zero-order valence-electron chi connectivity index (χ0n) is 13.1. The molecule has 2 aromatic rings. The van der Waals surface area contributed by atoms with Gasteiger partial charge in [-0.05, 0) is 11.5 Å². The van der Waals surface area contributed by atoms with Gasteiger partial charge in [0, 0.05) is 13.1 Å². The van der Waals surface area contributed by atoms with E-state index >= 15 is 0 Å².